The fraction of sp³-hybridized carbons (Fsp3) is 1.00. The summed E-state index contributed by atoms with van der Waals surface area (Å²) in [5.74, 6) is 0. The van der Waals surface area contributed by atoms with Gasteiger partial charge in [0.25, 0.3) is 0 Å². The summed E-state index contributed by atoms with van der Waals surface area (Å²) in [6, 6.07) is 0. The van der Waals surface area contributed by atoms with Crippen molar-refractivity contribution in [2.75, 3.05) is 0 Å². The average molecular weight is 347 g/mol. The largest absolute Gasteiger partial charge is 0.0654 e. The van der Waals surface area contributed by atoms with Gasteiger partial charge >= 0.3 is 0 Å². The first-order valence-electron chi connectivity index (χ1n) is 7.83. The van der Waals surface area contributed by atoms with Crippen LogP contribution in [0.5, 0.6) is 0 Å². The van der Waals surface area contributed by atoms with E-state index in [1.807, 2.05) is 0 Å². The summed E-state index contributed by atoms with van der Waals surface area (Å²) >= 11 is 0. The zero-order valence-electron chi connectivity index (χ0n) is 13.0. The molecule has 0 aliphatic rings. The van der Waals surface area contributed by atoms with Gasteiger partial charge in [0.1, 0.15) is 0 Å². The molecular formula is C16H36Sn. The Bertz CT molecular complexity index is 67.5. The van der Waals surface area contributed by atoms with Crippen LogP contribution in [0.25, 0.3) is 0 Å². The van der Waals surface area contributed by atoms with Crippen LogP contribution in [-0.2, 0) is 0 Å². The second-order valence-electron chi connectivity index (χ2n) is 4.83. The predicted molar refractivity (Wildman–Crippen MR) is 83.9 cm³/mol. The summed E-state index contributed by atoms with van der Waals surface area (Å²) in [6.07, 6.45) is 17.0. The van der Waals surface area contributed by atoms with Gasteiger partial charge in [0.15, 0.2) is 0 Å². The molecule has 0 aliphatic heterocycles. The Morgan fingerprint density at radius 1 is 0.353 bits per heavy atom. The van der Waals surface area contributed by atoms with Crippen LogP contribution < -0.4 is 0 Å². The third-order valence-corrected chi connectivity index (χ3v) is 2.91. The third-order valence-electron chi connectivity index (χ3n) is 2.91. The maximum absolute atomic E-state index is 2.26. The fourth-order valence-corrected chi connectivity index (χ4v) is 1.71. The van der Waals surface area contributed by atoms with Crippen molar-refractivity contribution in [3.05, 3.63) is 0 Å². The Labute approximate surface area is 128 Å². The summed E-state index contributed by atoms with van der Waals surface area (Å²) in [6.45, 7) is 9.02. The van der Waals surface area contributed by atoms with Crippen LogP contribution in [-0.4, -0.2) is 23.9 Å². The van der Waals surface area contributed by atoms with Gasteiger partial charge < -0.3 is 0 Å². The van der Waals surface area contributed by atoms with Gasteiger partial charge in [0.05, 0.1) is 0 Å². The SMILES string of the molecule is CCCCCCCC.CCCCCCCC.[Sn]. The average Bonchev–Trinajstić information content (AvgIpc) is 2.31. The monoisotopic (exact) mass is 348 g/mol. The van der Waals surface area contributed by atoms with Gasteiger partial charge in [-0.3, -0.25) is 0 Å². The summed E-state index contributed by atoms with van der Waals surface area (Å²) in [4.78, 5) is 0. The van der Waals surface area contributed by atoms with Crippen molar-refractivity contribution >= 4 is 23.9 Å². The van der Waals surface area contributed by atoms with E-state index in [0.29, 0.717) is 0 Å². The van der Waals surface area contributed by atoms with Crippen molar-refractivity contribution < 1.29 is 0 Å². The number of unbranched alkanes of at least 4 members (excludes halogenated alkanes) is 10. The van der Waals surface area contributed by atoms with Crippen LogP contribution in [0.2, 0.25) is 0 Å². The molecule has 0 heterocycles. The first-order valence-corrected chi connectivity index (χ1v) is 7.83. The van der Waals surface area contributed by atoms with Gasteiger partial charge in [-0.15, -0.1) is 0 Å². The van der Waals surface area contributed by atoms with E-state index >= 15 is 0 Å². The maximum atomic E-state index is 2.26. The number of hydrogen-bond donors (Lipinski definition) is 0. The van der Waals surface area contributed by atoms with Crippen molar-refractivity contribution in [3.63, 3.8) is 0 Å². The van der Waals surface area contributed by atoms with Crippen LogP contribution >= 0.6 is 0 Å². The third kappa shape index (κ3) is 31.5. The molecule has 0 aromatic heterocycles. The van der Waals surface area contributed by atoms with E-state index in [-0.39, 0.29) is 23.9 Å². The fourth-order valence-electron chi connectivity index (χ4n) is 1.71. The molecule has 0 nitrogen and oxygen atoms in total. The summed E-state index contributed by atoms with van der Waals surface area (Å²) in [7, 11) is 0. The summed E-state index contributed by atoms with van der Waals surface area (Å²) < 4.78 is 0. The van der Waals surface area contributed by atoms with E-state index in [1.54, 1.807) is 0 Å². The van der Waals surface area contributed by atoms with Gasteiger partial charge in [0, 0.05) is 23.9 Å². The minimum Gasteiger partial charge on any atom is -0.0654 e. The van der Waals surface area contributed by atoms with Crippen LogP contribution in [0, 0.1) is 0 Å². The standard InChI is InChI=1S/2C8H18.Sn/c2*1-3-5-7-8-6-4-2;/h2*3-8H2,1-2H3;. The van der Waals surface area contributed by atoms with E-state index in [9.17, 15) is 0 Å². The van der Waals surface area contributed by atoms with Gasteiger partial charge in [-0.2, -0.15) is 0 Å². The van der Waals surface area contributed by atoms with Crippen LogP contribution in [0.4, 0.5) is 0 Å². The summed E-state index contributed by atoms with van der Waals surface area (Å²) in [5, 5.41) is 0. The van der Waals surface area contributed by atoms with E-state index in [2.05, 4.69) is 27.7 Å². The minimum atomic E-state index is 0. The molecule has 0 amide bonds. The van der Waals surface area contributed by atoms with Crippen molar-refractivity contribution in [1.82, 2.24) is 0 Å². The van der Waals surface area contributed by atoms with Gasteiger partial charge in [-0.25, -0.2) is 0 Å². The molecule has 0 spiro atoms. The minimum absolute atomic E-state index is 0. The van der Waals surface area contributed by atoms with E-state index in [1.165, 1.54) is 77.0 Å². The van der Waals surface area contributed by atoms with E-state index in [0.717, 1.165) is 0 Å². The molecule has 0 saturated heterocycles. The molecule has 0 atom stereocenters. The van der Waals surface area contributed by atoms with Crippen molar-refractivity contribution in [2.24, 2.45) is 0 Å². The molecule has 0 N–H and O–H groups in total. The molecule has 104 valence electrons. The quantitative estimate of drug-likeness (QED) is 0.319. The molecule has 4 radical (unpaired) electrons. The van der Waals surface area contributed by atoms with Crippen LogP contribution in [0.15, 0.2) is 0 Å². The second kappa shape index (κ2) is 25.6. The molecule has 0 bridgehead atoms. The Morgan fingerprint density at radius 3 is 0.647 bits per heavy atom. The van der Waals surface area contributed by atoms with Gasteiger partial charge in [0.2, 0.25) is 0 Å². The second-order valence-corrected chi connectivity index (χ2v) is 4.83. The predicted octanol–water partition coefficient (Wildman–Crippen LogP) is 6.35. The Balaban J connectivity index is -0.000000218. The zero-order valence-corrected chi connectivity index (χ0v) is 15.8. The smallest absolute Gasteiger partial charge is 0 e. The molecule has 0 unspecified atom stereocenters. The number of hydrogen-bond acceptors (Lipinski definition) is 0. The van der Waals surface area contributed by atoms with Gasteiger partial charge in [-0.05, 0) is 0 Å². The molecule has 1 heteroatoms. The van der Waals surface area contributed by atoms with Crippen molar-refractivity contribution in [3.8, 4) is 0 Å². The normalized spacial score (nSPS) is 9.18. The van der Waals surface area contributed by atoms with E-state index < -0.39 is 0 Å². The first kappa shape index (κ1) is 22.9. The molecule has 17 heavy (non-hydrogen) atoms. The molecule has 0 aromatic rings. The summed E-state index contributed by atoms with van der Waals surface area (Å²) in [5.41, 5.74) is 0. The molecule has 0 aromatic carbocycles. The zero-order chi connectivity index (χ0) is 12.5. The topological polar surface area (TPSA) is 0 Å². The van der Waals surface area contributed by atoms with Crippen molar-refractivity contribution in [1.29, 1.82) is 0 Å². The molecule has 0 saturated carbocycles. The van der Waals surface area contributed by atoms with Gasteiger partial charge in [-0.1, -0.05) is 105 Å². The Hall–Kier alpha value is 0.799. The van der Waals surface area contributed by atoms with E-state index in [4.69, 9.17) is 0 Å². The first-order chi connectivity index (χ1) is 7.83. The molecular weight excluding hydrogens is 311 g/mol. The molecule has 0 rings (SSSR count). The van der Waals surface area contributed by atoms with Crippen LogP contribution in [0.3, 0.4) is 0 Å². The van der Waals surface area contributed by atoms with Crippen LogP contribution in [0.1, 0.15) is 105 Å². The molecule has 0 fully saturated rings. The Morgan fingerprint density at radius 2 is 0.529 bits per heavy atom. The Kier molecular flexibility index (Phi) is 34.5. The number of rotatable bonds is 10. The molecule has 0 aliphatic carbocycles. The maximum Gasteiger partial charge on any atom is 0 e. The van der Waals surface area contributed by atoms with Crippen molar-refractivity contribution in [2.45, 2.75) is 105 Å².